The molecule has 7 heteroatoms. The van der Waals surface area contributed by atoms with E-state index in [2.05, 4.69) is 23.8 Å². The number of nitrogens with two attached hydrogens (primary N) is 1. The number of carbonyl (C=O) groups excluding carboxylic acids is 2. The number of primary amides is 1. The van der Waals surface area contributed by atoms with Crippen LogP contribution in [0.3, 0.4) is 0 Å². The molecule has 34 heavy (non-hydrogen) atoms. The molecule has 3 N–H and O–H groups in total. The Bertz CT molecular complexity index is 1090. The van der Waals surface area contributed by atoms with Gasteiger partial charge < -0.3 is 15.6 Å². The summed E-state index contributed by atoms with van der Waals surface area (Å²) >= 11 is 0. The van der Waals surface area contributed by atoms with Gasteiger partial charge in [0.15, 0.2) is 5.69 Å². The molecule has 3 aromatic rings. The van der Waals surface area contributed by atoms with Crippen molar-refractivity contribution in [2.75, 3.05) is 0 Å². The number of hydrogen-bond donors (Lipinski definition) is 2. The second kappa shape index (κ2) is 12.2. The normalized spacial score (nSPS) is 14.0. The van der Waals surface area contributed by atoms with E-state index in [-0.39, 0.29) is 12.1 Å². The molecule has 0 unspecified atom stereocenters. The predicted octanol–water partition coefficient (Wildman–Crippen LogP) is 4.08. The molecule has 0 aliphatic heterocycles. The first kappa shape index (κ1) is 25.3. The van der Waals surface area contributed by atoms with Crippen molar-refractivity contribution in [3.8, 4) is 0 Å². The van der Waals surface area contributed by atoms with E-state index in [0.717, 1.165) is 18.4 Å². The highest BCUT2D eigenvalue weighted by molar-refractivity contribution is 5.89. The van der Waals surface area contributed by atoms with Crippen LogP contribution in [0.4, 0.5) is 0 Å². The van der Waals surface area contributed by atoms with E-state index >= 15 is 0 Å². The summed E-state index contributed by atoms with van der Waals surface area (Å²) in [7, 11) is 0. The van der Waals surface area contributed by atoms with Crippen LogP contribution in [0.5, 0.6) is 0 Å². The average molecular weight is 464 g/mol. The summed E-state index contributed by atoms with van der Waals surface area (Å²) in [6.07, 6.45) is 2.27. The number of aliphatic hydroxyl groups excluding tert-OH is 1. The SMILES string of the molecule is CC(C)CCC[C@H](C[C@H](O)[C@H](Cc1ccccc1)OC(=O)c1cnc2ccccc2n1)C(N)=O. The molecule has 3 rings (SSSR count). The molecule has 7 nitrogen and oxygen atoms in total. The zero-order valence-corrected chi connectivity index (χ0v) is 19.8. The Labute approximate surface area is 200 Å². The summed E-state index contributed by atoms with van der Waals surface area (Å²) in [5, 5.41) is 11.0. The zero-order chi connectivity index (χ0) is 24.5. The lowest BCUT2D eigenvalue weighted by Crippen LogP contribution is -2.37. The van der Waals surface area contributed by atoms with Gasteiger partial charge in [-0.1, -0.05) is 69.2 Å². The summed E-state index contributed by atoms with van der Waals surface area (Å²) in [6, 6.07) is 16.7. The fraction of sp³-hybridized carbons (Fsp3) is 0.407. The molecular weight excluding hydrogens is 430 g/mol. The second-order valence-corrected chi connectivity index (χ2v) is 9.10. The number of aromatic nitrogens is 2. The lowest BCUT2D eigenvalue weighted by atomic mass is 9.90. The topological polar surface area (TPSA) is 115 Å². The third-order valence-electron chi connectivity index (χ3n) is 5.89. The Kier molecular flexibility index (Phi) is 9.10. The Balaban J connectivity index is 1.76. The van der Waals surface area contributed by atoms with Gasteiger partial charge in [0, 0.05) is 12.3 Å². The molecule has 0 fully saturated rings. The number of fused-ring (bicyclic) bond motifs is 1. The van der Waals surface area contributed by atoms with Gasteiger partial charge in [-0.3, -0.25) is 9.78 Å². The third kappa shape index (κ3) is 7.35. The number of ether oxygens (including phenoxy) is 1. The Hall–Kier alpha value is -3.32. The lowest BCUT2D eigenvalue weighted by molar-refractivity contribution is -0.123. The van der Waals surface area contributed by atoms with E-state index in [1.54, 1.807) is 6.07 Å². The second-order valence-electron chi connectivity index (χ2n) is 9.10. The van der Waals surface area contributed by atoms with Crippen molar-refractivity contribution in [2.24, 2.45) is 17.6 Å². The molecule has 0 saturated carbocycles. The van der Waals surface area contributed by atoms with Crippen LogP contribution in [-0.4, -0.2) is 39.2 Å². The van der Waals surface area contributed by atoms with Crippen molar-refractivity contribution in [1.82, 2.24) is 9.97 Å². The molecule has 0 saturated heterocycles. The van der Waals surface area contributed by atoms with E-state index in [0.29, 0.717) is 29.8 Å². The maximum absolute atomic E-state index is 12.9. The molecule has 0 bridgehead atoms. The van der Waals surface area contributed by atoms with Crippen LogP contribution in [0.25, 0.3) is 11.0 Å². The Morgan fingerprint density at radius 1 is 1.00 bits per heavy atom. The molecule has 1 heterocycles. The molecule has 0 aliphatic rings. The van der Waals surface area contributed by atoms with Crippen molar-refractivity contribution in [3.63, 3.8) is 0 Å². The van der Waals surface area contributed by atoms with E-state index in [1.165, 1.54) is 6.20 Å². The molecule has 0 aliphatic carbocycles. The number of para-hydroxylation sites is 2. The van der Waals surface area contributed by atoms with E-state index in [4.69, 9.17) is 10.5 Å². The Morgan fingerprint density at radius 3 is 2.35 bits per heavy atom. The van der Waals surface area contributed by atoms with E-state index < -0.39 is 30.0 Å². The van der Waals surface area contributed by atoms with Gasteiger partial charge in [-0.05, 0) is 36.5 Å². The summed E-state index contributed by atoms with van der Waals surface area (Å²) in [6.45, 7) is 4.25. The number of rotatable bonds is 12. The summed E-state index contributed by atoms with van der Waals surface area (Å²) in [5.41, 5.74) is 7.84. The monoisotopic (exact) mass is 463 g/mol. The van der Waals surface area contributed by atoms with Crippen molar-refractivity contribution >= 4 is 22.9 Å². The predicted molar refractivity (Wildman–Crippen MR) is 131 cm³/mol. The van der Waals surface area contributed by atoms with Gasteiger partial charge in [0.2, 0.25) is 5.91 Å². The van der Waals surface area contributed by atoms with Gasteiger partial charge >= 0.3 is 5.97 Å². The summed E-state index contributed by atoms with van der Waals surface area (Å²) < 4.78 is 5.73. The van der Waals surface area contributed by atoms with Crippen LogP contribution in [0, 0.1) is 11.8 Å². The largest absolute Gasteiger partial charge is 0.454 e. The van der Waals surface area contributed by atoms with Gasteiger partial charge in [0.25, 0.3) is 0 Å². The number of esters is 1. The molecule has 180 valence electrons. The number of benzene rings is 2. The van der Waals surface area contributed by atoms with Crippen LogP contribution in [0.1, 0.15) is 55.6 Å². The number of amides is 1. The van der Waals surface area contributed by atoms with Crippen molar-refractivity contribution in [3.05, 3.63) is 72.1 Å². The molecular formula is C27H33N3O4. The summed E-state index contributed by atoms with van der Waals surface area (Å²) in [5.74, 6) is -1.10. The van der Waals surface area contributed by atoms with Crippen molar-refractivity contribution < 1.29 is 19.4 Å². The van der Waals surface area contributed by atoms with Crippen LogP contribution < -0.4 is 5.73 Å². The van der Waals surface area contributed by atoms with E-state index in [1.807, 2.05) is 48.5 Å². The minimum absolute atomic E-state index is 0.0624. The highest BCUT2D eigenvalue weighted by atomic mass is 16.6. The lowest BCUT2D eigenvalue weighted by Gasteiger charge is -2.26. The first-order valence-corrected chi connectivity index (χ1v) is 11.8. The minimum Gasteiger partial charge on any atom is -0.454 e. The average Bonchev–Trinajstić information content (AvgIpc) is 2.82. The fourth-order valence-corrected chi connectivity index (χ4v) is 3.95. The number of carbonyl (C=O) groups is 2. The van der Waals surface area contributed by atoms with Crippen LogP contribution in [0.15, 0.2) is 60.8 Å². The number of nitrogens with zero attached hydrogens (tertiary/aromatic N) is 2. The minimum atomic E-state index is -1.06. The molecule has 2 aromatic carbocycles. The maximum Gasteiger partial charge on any atom is 0.358 e. The molecule has 0 spiro atoms. The first-order valence-electron chi connectivity index (χ1n) is 11.8. The van der Waals surface area contributed by atoms with Crippen LogP contribution >= 0.6 is 0 Å². The summed E-state index contributed by atoms with van der Waals surface area (Å²) in [4.78, 5) is 33.6. The Morgan fingerprint density at radius 2 is 1.68 bits per heavy atom. The number of hydrogen-bond acceptors (Lipinski definition) is 6. The zero-order valence-electron chi connectivity index (χ0n) is 19.8. The first-order chi connectivity index (χ1) is 16.3. The van der Waals surface area contributed by atoms with Gasteiger partial charge in [-0.15, -0.1) is 0 Å². The number of aliphatic hydroxyl groups is 1. The third-order valence-corrected chi connectivity index (χ3v) is 5.89. The van der Waals surface area contributed by atoms with Crippen LogP contribution in [0.2, 0.25) is 0 Å². The maximum atomic E-state index is 12.9. The van der Waals surface area contributed by atoms with Gasteiger partial charge in [0.1, 0.15) is 6.10 Å². The van der Waals surface area contributed by atoms with Crippen LogP contribution in [-0.2, 0) is 16.0 Å². The standard InChI is InChI=1S/C27H33N3O4/c1-18(2)9-8-12-20(26(28)32)16-24(31)25(15-19-10-4-3-5-11-19)34-27(33)23-17-29-21-13-6-7-14-22(21)30-23/h3-7,10-11,13-14,17-18,20,24-25,31H,8-9,12,15-16H2,1-2H3,(H2,28,32)/t20-,24+,25+/m1/s1. The quantitative estimate of drug-likeness (QED) is 0.391. The van der Waals surface area contributed by atoms with Gasteiger partial charge in [-0.25, -0.2) is 9.78 Å². The van der Waals surface area contributed by atoms with Gasteiger partial charge in [0.05, 0.1) is 23.3 Å². The smallest absolute Gasteiger partial charge is 0.358 e. The molecule has 1 amide bonds. The fourth-order valence-electron chi connectivity index (χ4n) is 3.95. The highest BCUT2D eigenvalue weighted by Gasteiger charge is 2.29. The molecule has 1 aromatic heterocycles. The molecule has 3 atom stereocenters. The van der Waals surface area contributed by atoms with E-state index in [9.17, 15) is 14.7 Å². The van der Waals surface area contributed by atoms with Crippen molar-refractivity contribution in [1.29, 1.82) is 0 Å². The van der Waals surface area contributed by atoms with Crippen molar-refractivity contribution in [2.45, 2.75) is 58.2 Å². The highest BCUT2D eigenvalue weighted by Crippen LogP contribution is 2.22. The van der Waals surface area contributed by atoms with Gasteiger partial charge in [-0.2, -0.15) is 0 Å². The molecule has 0 radical (unpaired) electrons.